The number of aromatic nitrogens is 2. The molecule has 1 heterocycles. The van der Waals surface area contributed by atoms with Crippen LogP contribution in [0, 0.1) is 26.2 Å². The second-order valence-electron chi connectivity index (χ2n) is 4.67. The lowest BCUT2D eigenvalue weighted by Gasteiger charge is -2.11. The van der Waals surface area contributed by atoms with Crippen LogP contribution in [0.1, 0.15) is 22.4 Å². The molecule has 0 spiro atoms. The van der Waals surface area contributed by atoms with Gasteiger partial charge in [-0.2, -0.15) is 5.10 Å². The molecule has 19 heavy (non-hydrogen) atoms. The standard InChI is InChI=1S/C14H18N4O/c1-8-5-6-9(2)11(7-8)19-14-12(13(15)16)10(3)17-18(14)4/h5-7H,1-4H3,(H3,15,16). The second kappa shape index (κ2) is 4.76. The molecule has 0 atom stereocenters. The molecule has 2 rings (SSSR count). The highest BCUT2D eigenvalue weighted by atomic mass is 16.5. The third kappa shape index (κ3) is 2.45. The highest BCUT2D eigenvalue weighted by molar-refractivity contribution is 5.98. The van der Waals surface area contributed by atoms with Crippen molar-refractivity contribution in [3.05, 3.63) is 40.6 Å². The van der Waals surface area contributed by atoms with E-state index >= 15 is 0 Å². The van der Waals surface area contributed by atoms with Crippen LogP contribution in [-0.2, 0) is 7.05 Å². The van der Waals surface area contributed by atoms with Crippen LogP contribution in [0.2, 0.25) is 0 Å². The summed E-state index contributed by atoms with van der Waals surface area (Å²) in [7, 11) is 1.78. The molecule has 0 aliphatic rings. The number of nitrogens with zero attached hydrogens (tertiary/aromatic N) is 2. The summed E-state index contributed by atoms with van der Waals surface area (Å²) in [5.74, 6) is 1.22. The van der Waals surface area contributed by atoms with Gasteiger partial charge in [0.15, 0.2) is 0 Å². The molecule has 1 aromatic heterocycles. The van der Waals surface area contributed by atoms with E-state index in [1.54, 1.807) is 11.7 Å². The molecule has 100 valence electrons. The zero-order chi connectivity index (χ0) is 14.2. The summed E-state index contributed by atoms with van der Waals surface area (Å²) in [6, 6.07) is 5.99. The Morgan fingerprint density at radius 1 is 1.32 bits per heavy atom. The molecule has 5 heteroatoms. The Labute approximate surface area is 112 Å². The third-order valence-corrected chi connectivity index (χ3v) is 2.99. The van der Waals surface area contributed by atoms with Crippen molar-refractivity contribution >= 4 is 5.84 Å². The number of hydrogen-bond acceptors (Lipinski definition) is 3. The Kier molecular flexibility index (Phi) is 3.29. The van der Waals surface area contributed by atoms with Gasteiger partial charge in [0.2, 0.25) is 5.88 Å². The Morgan fingerprint density at radius 3 is 2.63 bits per heavy atom. The summed E-state index contributed by atoms with van der Waals surface area (Å²) in [5, 5.41) is 11.9. The van der Waals surface area contributed by atoms with Crippen molar-refractivity contribution in [1.29, 1.82) is 5.41 Å². The number of ether oxygens (including phenoxy) is 1. The van der Waals surface area contributed by atoms with Gasteiger partial charge in [-0.05, 0) is 38.0 Å². The van der Waals surface area contributed by atoms with E-state index in [1.807, 2.05) is 39.0 Å². The largest absolute Gasteiger partial charge is 0.438 e. The van der Waals surface area contributed by atoms with Gasteiger partial charge in [-0.3, -0.25) is 5.41 Å². The first-order valence-electron chi connectivity index (χ1n) is 6.03. The molecule has 0 fully saturated rings. The average Bonchev–Trinajstić information content (AvgIpc) is 2.59. The Morgan fingerprint density at radius 2 is 2.00 bits per heavy atom. The first kappa shape index (κ1) is 13.1. The van der Waals surface area contributed by atoms with Crippen molar-refractivity contribution in [2.75, 3.05) is 0 Å². The van der Waals surface area contributed by atoms with Gasteiger partial charge in [-0.1, -0.05) is 12.1 Å². The van der Waals surface area contributed by atoms with Crippen LogP contribution >= 0.6 is 0 Å². The number of hydrogen-bond donors (Lipinski definition) is 2. The number of nitrogens with one attached hydrogen (secondary N) is 1. The molecule has 0 aliphatic heterocycles. The SMILES string of the molecule is Cc1ccc(C)c(Oc2c(C(=N)N)c(C)nn2C)c1. The maximum absolute atomic E-state index is 7.64. The summed E-state index contributed by atoms with van der Waals surface area (Å²) in [5.41, 5.74) is 8.98. The molecule has 0 saturated carbocycles. The minimum Gasteiger partial charge on any atom is -0.438 e. The van der Waals surface area contributed by atoms with E-state index < -0.39 is 0 Å². The number of benzene rings is 1. The molecule has 0 aliphatic carbocycles. The van der Waals surface area contributed by atoms with Crippen molar-refractivity contribution in [1.82, 2.24) is 9.78 Å². The average molecular weight is 258 g/mol. The number of rotatable bonds is 3. The summed E-state index contributed by atoms with van der Waals surface area (Å²) in [6.45, 7) is 5.80. The van der Waals surface area contributed by atoms with Crippen molar-refractivity contribution < 1.29 is 4.74 Å². The normalized spacial score (nSPS) is 10.5. The van der Waals surface area contributed by atoms with Gasteiger partial charge in [0.05, 0.1) is 5.69 Å². The Bertz CT molecular complexity index is 643. The smallest absolute Gasteiger partial charge is 0.228 e. The number of aryl methyl sites for hydroxylation is 4. The monoisotopic (exact) mass is 258 g/mol. The van der Waals surface area contributed by atoms with Crippen LogP contribution in [-0.4, -0.2) is 15.6 Å². The first-order chi connectivity index (χ1) is 8.90. The number of nitrogen functional groups attached to an aromatic ring is 1. The van der Waals surface area contributed by atoms with Gasteiger partial charge in [-0.25, -0.2) is 4.68 Å². The molecule has 0 bridgehead atoms. The van der Waals surface area contributed by atoms with Crippen LogP contribution in [0.15, 0.2) is 18.2 Å². The lowest BCUT2D eigenvalue weighted by atomic mass is 10.1. The highest BCUT2D eigenvalue weighted by Crippen LogP contribution is 2.29. The minimum absolute atomic E-state index is 0.0362. The van der Waals surface area contributed by atoms with Crippen LogP contribution in [0.5, 0.6) is 11.6 Å². The quantitative estimate of drug-likeness (QED) is 0.655. The summed E-state index contributed by atoms with van der Waals surface area (Å²) >= 11 is 0. The van der Waals surface area contributed by atoms with E-state index in [0.717, 1.165) is 16.9 Å². The zero-order valence-electron chi connectivity index (χ0n) is 11.6. The van der Waals surface area contributed by atoms with Gasteiger partial charge < -0.3 is 10.5 Å². The molecule has 0 saturated heterocycles. The van der Waals surface area contributed by atoms with Gasteiger partial charge in [-0.15, -0.1) is 0 Å². The third-order valence-electron chi connectivity index (χ3n) is 2.99. The van der Waals surface area contributed by atoms with E-state index in [2.05, 4.69) is 5.10 Å². The minimum atomic E-state index is -0.0362. The Hall–Kier alpha value is -2.30. The maximum Gasteiger partial charge on any atom is 0.228 e. The molecule has 0 amide bonds. The fourth-order valence-electron chi connectivity index (χ4n) is 1.99. The number of nitrogens with two attached hydrogens (primary N) is 1. The molecular weight excluding hydrogens is 240 g/mol. The maximum atomic E-state index is 7.64. The van der Waals surface area contributed by atoms with Crippen molar-refractivity contribution in [2.24, 2.45) is 12.8 Å². The van der Waals surface area contributed by atoms with E-state index in [0.29, 0.717) is 17.1 Å². The highest BCUT2D eigenvalue weighted by Gasteiger charge is 2.18. The van der Waals surface area contributed by atoms with E-state index in [1.165, 1.54) is 0 Å². The van der Waals surface area contributed by atoms with Crippen LogP contribution in [0.3, 0.4) is 0 Å². The summed E-state index contributed by atoms with van der Waals surface area (Å²) in [4.78, 5) is 0. The fraction of sp³-hybridized carbons (Fsp3) is 0.286. The van der Waals surface area contributed by atoms with Gasteiger partial charge >= 0.3 is 0 Å². The van der Waals surface area contributed by atoms with Crippen molar-refractivity contribution in [3.8, 4) is 11.6 Å². The first-order valence-corrected chi connectivity index (χ1v) is 6.03. The fourth-order valence-corrected chi connectivity index (χ4v) is 1.99. The lowest BCUT2D eigenvalue weighted by Crippen LogP contribution is -2.13. The van der Waals surface area contributed by atoms with Crippen LogP contribution < -0.4 is 10.5 Å². The van der Waals surface area contributed by atoms with Crippen molar-refractivity contribution in [3.63, 3.8) is 0 Å². The van der Waals surface area contributed by atoms with E-state index in [9.17, 15) is 0 Å². The molecule has 0 radical (unpaired) electrons. The molecule has 3 N–H and O–H groups in total. The number of amidine groups is 1. The van der Waals surface area contributed by atoms with Gasteiger partial charge in [0.1, 0.15) is 17.1 Å². The second-order valence-corrected chi connectivity index (χ2v) is 4.67. The zero-order valence-corrected chi connectivity index (χ0v) is 11.6. The van der Waals surface area contributed by atoms with Crippen LogP contribution in [0.25, 0.3) is 0 Å². The molecule has 5 nitrogen and oxygen atoms in total. The Balaban J connectivity index is 2.49. The molecular formula is C14H18N4O. The van der Waals surface area contributed by atoms with Gasteiger partial charge in [0, 0.05) is 7.05 Å². The molecule has 2 aromatic rings. The molecule has 0 unspecified atom stereocenters. The predicted octanol–water partition coefficient (Wildman–Crippen LogP) is 2.42. The lowest BCUT2D eigenvalue weighted by molar-refractivity contribution is 0.426. The van der Waals surface area contributed by atoms with Crippen LogP contribution in [0.4, 0.5) is 0 Å². The topological polar surface area (TPSA) is 76.9 Å². The molecule has 1 aromatic carbocycles. The van der Waals surface area contributed by atoms with Crippen molar-refractivity contribution in [2.45, 2.75) is 20.8 Å². The predicted molar refractivity (Wildman–Crippen MR) is 75.0 cm³/mol. The van der Waals surface area contributed by atoms with E-state index in [-0.39, 0.29) is 5.84 Å². The van der Waals surface area contributed by atoms with Gasteiger partial charge in [0.25, 0.3) is 0 Å². The van der Waals surface area contributed by atoms with E-state index in [4.69, 9.17) is 15.9 Å². The summed E-state index contributed by atoms with van der Waals surface area (Å²) < 4.78 is 7.52. The summed E-state index contributed by atoms with van der Waals surface area (Å²) in [6.07, 6.45) is 0.